The summed E-state index contributed by atoms with van der Waals surface area (Å²) >= 11 is 1.06. The van der Waals surface area contributed by atoms with Crippen LogP contribution in [0.2, 0.25) is 0 Å². The molecule has 6 heteroatoms. The fourth-order valence-electron chi connectivity index (χ4n) is 3.14. The largest absolute Gasteiger partial charge is 0.483 e. The molecule has 1 saturated carbocycles. The number of hydrogen-bond acceptors (Lipinski definition) is 5. The fraction of sp³-hybridized carbons (Fsp3) is 0.611. The van der Waals surface area contributed by atoms with Crippen LogP contribution in [0.3, 0.4) is 0 Å². The van der Waals surface area contributed by atoms with Crippen molar-refractivity contribution in [3.8, 4) is 11.5 Å². The van der Waals surface area contributed by atoms with Crippen LogP contribution in [0.25, 0.3) is 0 Å². The third-order valence-corrected chi connectivity index (χ3v) is 5.08. The Morgan fingerprint density at radius 1 is 1.29 bits per heavy atom. The van der Waals surface area contributed by atoms with E-state index in [0.29, 0.717) is 11.5 Å². The average Bonchev–Trinajstić information content (AvgIpc) is 2.88. The Balaban J connectivity index is 1.56. The normalized spacial score (nSPS) is 19.5. The number of amides is 1. The highest BCUT2D eigenvalue weighted by atomic mass is 32.2. The molecule has 1 amide bonds. The van der Waals surface area contributed by atoms with E-state index in [1.165, 1.54) is 23.6 Å². The molecule has 1 aromatic carbocycles. The smallest absolute Gasteiger partial charge is 0.426 e. The van der Waals surface area contributed by atoms with Crippen LogP contribution in [-0.2, 0) is 10.6 Å². The fourth-order valence-corrected chi connectivity index (χ4v) is 3.68. The van der Waals surface area contributed by atoms with Crippen molar-refractivity contribution in [1.29, 1.82) is 0 Å². The maximum Gasteiger partial charge on any atom is 0.426 e. The average molecular weight is 351 g/mol. The highest BCUT2D eigenvalue weighted by molar-refractivity contribution is 7.92. The molecule has 0 spiro atoms. The van der Waals surface area contributed by atoms with E-state index >= 15 is 0 Å². The van der Waals surface area contributed by atoms with Gasteiger partial charge in [-0.3, -0.25) is 4.18 Å². The Hall–Kier alpha value is -1.40. The van der Waals surface area contributed by atoms with Gasteiger partial charge in [-0.15, -0.1) is 0 Å². The SMILES string of the molecule is CN(SOC1CCCCC1)C(=O)Oc1cccc2c1OC(C)(C)C2. The monoisotopic (exact) mass is 351 g/mol. The van der Waals surface area contributed by atoms with Gasteiger partial charge in [0.15, 0.2) is 11.5 Å². The minimum atomic E-state index is -0.461. The van der Waals surface area contributed by atoms with Crippen molar-refractivity contribution in [3.05, 3.63) is 23.8 Å². The first kappa shape index (κ1) is 17.4. The second-order valence-electron chi connectivity index (χ2n) is 7.08. The van der Waals surface area contributed by atoms with E-state index in [0.717, 1.165) is 37.1 Å². The number of hydrogen-bond donors (Lipinski definition) is 0. The van der Waals surface area contributed by atoms with Gasteiger partial charge in [0.1, 0.15) is 17.8 Å². The lowest BCUT2D eigenvalue weighted by Crippen LogP contribution is -2.26. The molecule has 1 aliphatic carbocycles. The molecule has 2 aliphatic rings. The van der Waals surface area contributed by atoms with Crippen molar-refractivity contribution >= 4 is 18.3 Å². The number of benzene rings is 1. The Bertz CT molecular complexity index is 599. The van der Waals surface area contributed by atoms with E-state index in [2.05, 4.69) is 0 Å². The number of ether oxygens (including phenoxy) is 2. The van der Waals surface area contributed by atoms with E-state index in [-0.39, 0.29) is 11.7 Å². The van der Waals surface area contributed by atoms with Crippen LogP contribution in [0.1, 0.15) is 51.5 Å². The summed E-state index contributed by atoms with van der Waals surface area (Å²) in [4.78, 5) is 12.3. The second kappa shape index (κ2) is 7.23. The number of fused-ring (bicyclic) bond motifs is 1. The van der Waals surface area contributed by atoms with Crippen molar-refractivity contribution in [1.82, 2.24) is 4.31 Å². The quantitative estimate of drug-likeness (QED) is 0.579. The van der Waals surface area contributed by atoms with Gasteiger partial charge in [-0.25, -0.2) is 9.10 Å². The van der Waals surface area contributed by atoms with Gasteiger partial charge >= 0.3 is 6.09 Å². The van der Waals surface area contributed by atoms with Gasteiger partial charge in [-0.05, 0) is 32.8 Å². The second-order valence-corrected chi connectivity index (χ2v) is 7.97. The number of carbonyl (C=O) groups excluding carboxylic acids is 1. The predicted molar refractivity (Wildman–Crippen MR) is 94.2 cm³/mol. The first-order chi connectivity index (χ1) is 11.4. The molecule has 3 rings (SSSR count). The first-order valence-corrected chi connectivity index (χ1v) is 9.24. The molecule has 24 heavy (non-hydrogen) atoms. The summed E-state index contributed by atoms with van der Waals surface area (Å²) in [6.07, 6.45) is 6.36. The molecule has 1 fully saturated rings. The summed E-state index contributed by atoms with van der Waals surface area (Å²) in [6.45, 7) is 4.05. The van der Waals surface area contributed by atoms with Crippen molar-refractivity contribution in [2.75, 3.05) is 7.05 Å². The lowest BCUT2D eigenvalue weighted by atomic mass is 9.98. The summed E-state index contributed by atoms with van der Waals surface area (Å²) in [6, 6.07) is 5.66. The number of rotatable bonds is 4. The van der Waals surface area contributed by atoms with Crippen LogP contribution in [0.4, 0.5) is 4.79 Å². The molecule has 0 saturated heterocycles. The van der Waals surface area contributed by atoms with Crippen molar-refractivity contribution < 1.29 is 18.5 Å². The summed E-state index contributed by atoms with van der Waals surface area (Å²) < 4.78 is 18.6. The zero-order chi connectivity index (χ0) is 17.2. The molecule has 0 radical (unpaired) electrons. The molecular weight excluding hydrogens is 326 g/mol. The van der Waals surface area contributed by atoms with Gasteiger partial charge in [-0.1, -0.05) is 31.4 Å². The summed E-state index contributed by atoms with van der Waals surface area (Å²) in [7, 11) is 1.66. The van der Waals surface area contributed by atoms with Gasteiger partial charge < -0.3 is 9.47 Å². The van der Waals surface area contributed by atoms with Crippen LogP contribution in [0, 0.1) is 0 Å². The lowest BCUT2D eigenvalue weighted by Gasteiger charge is -2.23. The van der Waals surface area contributed by atoms with Crippen LogP contribution >= 0.6 is 12.2 Å². The van der Waals surface area contributed by atoms with Crippen LogP contribution in [0.5, 0.6) is 11.5 Å². The Morgan fingerprint density at radius 3 is 2.79 bits per heavy atom. The van der Waals surface area contributed by atoms with Gasteiger partial charge in [0.05, 0.1) is 6.10 Å². The Labute approximate surface area is 148 Å². The molecule has 0 bridgehead atoms. The van der Waals surface area contributed by atoms with E-state index in [1.54, 1.807) is 13.1 Å². The van der Waals surface area contributed by atoms with Crippen molar-refractivity contribution in [2.24, 2.45) is 0 Å². The van der Waals surface area contributed by atoms with E-state index in [9.17, 15) is 4.79 Å². The van der Waals surface area contributed by atoms with Gasteiger partial charge in [0, 0.05) is 19.0 Å². The predicted octanol–water partition coefficient (Wildman–Crippen LogP) is 4.74. The zero-order valence-electron chi connectivity index (χ0n) is 14.5. The highest BCUT2D eigenvalue weighted by Gasteiger charge is 2.33. The van der Waals surface area contributed by atoms with Crippen LogP contribution < -0.4 is 9.47 Å². The number of nitrogens with zero attached hydrogens (tertiary/aromatic N) is 1. The van der Waals surface area contributed by atoms with Gasteiger partial charge in [0.2, 0.25) is 0 Å². The summed E-state index contributed by atoms with van der Waals surface area (Å²) in [5.74, 6) is 1.13. The molecular formula is C18H25NO4S. The molecule has 1 heterocycles. The molecule has 5 nitrogen and oxygen atoms in total. The molecule has 1 aliphatic heterocycles. The van der Waals surface area contributed by atoms with Crippen LogP contribution in [0.15, 0.2) is 18.2 Å². The lowest BCUT2D eigenvalue weighted by molar-refractivity contribution is 0.131. The highest BCUT2D eigenvalue weighted by Crippen LogP contribution is 2.42. The standard InChI is InChI=1S/C18H25NO4S/c1-18(2)12-13-8-7-11-15(16(13)22-18)21-17(20)19(3)24-23-14-9-5-4-6-10-14/h7-8,11,14H,4-6,9-10,12H2,1-3H3. The van der Waals surface area contributed by atoms with E-state index < -0.39 is 6.09 Å². The third kappa shape index (κ3) is 4.16. The Morgan fingerprint density at radius 2 is 2.04 bits per heavy atom. The first-order valence-electron chi connectivity index (χ1n) is 8.54. The third-order valence-electron chi connectivity index (χ3n) is 4.35. The van der Waals surface area contributed by atoms with Crippen LogP contribution in [-0.4, -0.2) is 29.2 Å². The molecule has 0 atom stereocenters. The van der Waals surface area contributed by atoms with E-state index in [1.807, 2.05) is 26.0 Å². The molecule has 132 valence electrons. The number of para-hydroxylation sites is 1. The molecule has 0 N–H and O–H groups in total. The Kier molecular flexibility index (Phi) is 5.25. The van der Waals surface area contributed by atoms with E-state index in [4.69, 9.17) is 13.7 Å². The zero-order valence-corrected chi connectivity index (χ0v) is 15.4. The van der Waals surface area contributed by atoms with Crippen molar-refractivity contribution in [2.45, 2.75) is 64.1 Å². The minimum Gasteiger partial charge on any atom is -0.483 e. The summed E-state index contributed by atoms with van der Waals surface area (Å²) in [5.41, 5.74) is 0.800. The molecule has 0 aromatic heterocycles. The topological polar surface area (TPSA) is 48.0 Å². The minimum absolute atomic E-state index is 0.226. The number of carbonyl (C=O) groups is 1. The van der Waals surface area contributed by atoms with Gasteiger partial charge in [-0.2, -0.15) is 0 Å². The molecule has 0 unspecified atom stereocenters. The maximum absolute atomic E-state index is 12.3. The maximum atomic E-state index is 12.3. The van der Waals surface area contributed by atoms with Gasteiger partial charge in [0.25, 0.3) is 0 Å². The summed E-state index contributed by atoms with van der Waals surface area (Å²) in [5, 5.41) is 0. The van der Waals surface area contributed by atoms with Crippen molar-refractivity contribution in [3.63, 3.8) is 0 Å². The molecule has 1 aromatic rings.